The number of hydrogen-bond acceptors (Lipinski definition) is 1. The summed E-state index contributed by atoms with van der Waals surface area (Å²) < 4.78 is 2.19. The van der Waals surface area contributed by atoms with Crippen molar-refractivity contribution in [3.63, 3.8) is 0 Å². The van der Waals surface area contributed by atoms with Gasteiger partial charge in [0.05, 0.1) is 0 Å². The lowest BCUT2D eigenvalue weighted by atomic mass is 11.3. The summed E-state index contributed by atoms with van der Waals surface area (Å²) in [4.78, 5) is 0. The molecule has 6 heavy (non-hydrogen) atoms. The van der Waals surface area contributed by atoms with E-state index < -0.39 is 8.96 Å². The lowest BCUT2D eigenvalue weighted by molar-refractivity contribution is 0.652. The molecule has 0 aromatic heterocycles. The number of nitrogens with zero attached hydrogens (tertiary/aromatic N) is 1. The van der Waals surface area contributed by atoms with E-state index in [2.05, 4.69) is 31.8 Å². The topological polar surface area (TPSA) is 3.24 Å². The van der Waals surface area contributed by atoms with E-state index in [0.717, 1.165) is 0 Å². The third-order valence-corrected chi connectivity index (χ3v) is 2.64. The smallest absolute Gasteiger partial charge is 0.295 e. The Balaban J connectivity index is 2.99. The van der Waals surface area contributed by atoms with E-state index >= 15 is 0 Å². The molecule has 0 aromatic rings. The Morgan fingerprint density at radius 2 is 1.67 bits per heavy atom. The van der Waals surface area contributed by atoms with Crippen molar-refractivity contribution in [2.75, 3.05) is 14.1 Å². The summed E-state index contributed by atoms with van der Waals surface area (Å²) in [5, 5.41) is 0. The molecule has 0 aromatic carbocycles. The predicted molar refractivity (Wildman–Crippen MR) is 32.1 cm³/mol. The van der Waals surface area contributed by atoms with Crippen molar-refractivity contribution >= 4 is 8.96 Å². The van der Waals surface area contributed by atoms with Gasteiger partial charge in [-0.15, -0.1) is 0 Å². The average Bonchev–Trinajstić information content (AvgIpc) is 1.36. The summed E-state index contributed by atoms with van der Waals surface area (Å²) in [5.41, 5.74) is 0. The molecule has 0 aliphatic rings. The van der Waals surface area contributed by atoms with Crippen molar-refractivity contribution in [1.82, 2.24) is 4.57 Å². The summed E-state index contributed by atoms with van der Waals surface area (Å²) in [6.45, 7) is 6.10. The van der Waals surface area contributed by atoms with Gasteiger partial charge in [0.1, 0.15) is 0 Å². The Morgan fingerprint density at radius 3 is 1.67 bits per heavy atom. The molecule has 0 saturated heterocycles. The molecule has 0 amide bonds. The van der Waals surface area contributed by atoms with Gasteiger partial charge in [0.15, 0.2) is 0 Å². The molecule has 1 atom stereocenters. The standard InChI is InChI=1S/C4H12NSi/c1-5(2)6(3)4/h6H,3H2,1-2,4H3/q+1. The SMILES string of the molecule is [CH2+][SiH](C)N(C)C. The number of rotatable bonds is 1. The summed E-state index contributed by atoms with van der Waals surface area (Å²) in [5.74, 6) is 0. The zero-order valence-corrected chi connectivity index (χ0v) is 5.89. The fourth-order valence-corrected chi connectivity index (χ4v) is 0. The lowest BCUT2D eigenvalue weighted by Crippen LogP contribution is -2.25. The molecular weight excluding hydrogens is 90.1 g/mol. The summed E-state index contributed by atoms with van der Waals surface area (Å²) in [6, 6.07) is 0. The second-order valence-corrected chi connectivity index (χ2v) is 4.54. The van der Waals surface area contributed by atoms with Crippen molar-refractivity contribution in [3.05, 3.63) is 6.55 Å². The molecule has 0 rings (SSSR count). The van der Waals surface area contributed by atoms with E-state index in [0.29, 0.717) is 0 Å². The molecule has 0 aliphatic heterocycles. The van der Waals surface area contributed by atoms with Gasteiger partial charge in [-0.25, -0.2) is 0 Å². The molecule has 0 heterocycles. The first-order valence-corrected chi connectivity index (χ1v) is 4.63. The Bertz CT molecular complexity index is 28.5. The first kappa shape index (κ1) is 6.05. The van der Waals surface area contributed by atoms with Gasteiger partial charge >= 0.3 is 8.96 Å². The molecule has 1 nitrogen and oxygen atoms in total. The van der Waals surface area contributed by atoms with E-state index in [1.165, 1.54) is 0 Å². The minimum Gasteiger partial charge on any atom is -0.295 e. The van der Waals surface area contributed by atoms with Gasteiger partial charge in [-0.2, -0.15) is 0 Å². The van der Waals surface area contributed by atoms with Gasteiger partial charge in [-0.1, -0.05) is 0 Å². The van der Waals surface area contributed by atoms with Gasteiger partial charge < -0.3 is 0 Å². The Kier molecular flexibility index (Phi) is 2.28. The molecule has 0 radical (unpaired) electrons. The van der Waals surface area contributed by atoms with Crippen LogP contribution >= 0.6 is 0 Å². The zero-order chi connectivity index (χ0) is 5.15. The van der Waals surface area contributed by atoms with Crippen LogP contribution in [0.3, 0.4) is 0 Å². The van der Waals surface area contributed by atoms with E-state index in [1.807, 2.05) is 0 Å². The third kappa shape index (κ3) is 2.29. The molecule has 0 fully saturated rings. The molecule has 0 aliphatic carbocycles. The molecule has 0 bridgehead atoms. The minimum atomic E-state index is -0.660. The zero-order valence-electron chi connectivity index (χ0n) is 4.73. The molecule has 0 saturated carbocycles. The lowest BCUT2D eigenvalue weighted by Gasteiger charge is -2.02. The van der Waals surface area contributed by atoms with Crippen LogP contribution in [0.5, 0.6) is 0 Å². The minimum absolute atomic E-state index is 0.660. The van der Waals surface area contributed by atoms with Crippen molar-refractivity contribution in [2.45, 2.75) is 6.55 Å². The van der Waals surface area contributed by atoms with Crippen LogP contribution in [0.4, 0.5) is 0 Å². The molecule has 1 unspecified atom stereocenters. The summed E-state index contributed by atoms with van der Waals surface area (Å²) in [6.07, 6.45) is 0. The van der Waals surface area contributed by atoms with Crippen LogP contribution in [0.2, 0.25) is 6.55 Å². The van der Waals surface area contributed by atoms with Crippen LogP contribution in [0.25, 0.3) is 0 Å². The molecular formula is C4H12NSi+. The maximum atomic E-state index is 3.90. The van der Waals surface area contributed by atoms with E-state index in [9.17, 15) is 0 Å². The van der Waals surface area contributed by atoms with E-state index in [1.54, 1.807) is 0 Å². The predicted octanol–water partition coefficient (Wildman–Crippen LogP) is 0.275. The highest BCUT2D eigenvalue weighted by atomic mass is 28.3. The first-order chi connectivity index (χ1) is 2.64. The third-order valence-electron chi connectivity index (χ3n) is 0.882. The van der Waals surface area contributed by atoms with Gasteiger partial charge in [-0.05, 0) is 20.6 Å². The maximum absolute atomic E-state index is 3.90. The van der Waals surface area contributed by atoms with Crippen LogP contribution < -0.4 is 0 Å². The van der Waals surface area contributed by atoms with Crippen molar-refractivity contribution in [1.29, 1.82) is 0 Å². The quantitative estimate of drug-likeness (QED) is 0.339. The average molecular weight is 102 g/mol. The molecule has 0 spiro atoms. The maximum Gasteiger partial charge on any atom is 0.326 e. The van der Waals surface area contributed by atoms with Crippen LogP contribution in [-0.2, 0) is 0 Å². The summed E-state index contributed by atoms with van der Waals surface area (Å²) >= 11 is 0. The van der Waals surface area contributed by atoms with E-state index in [4.69, 9.17) is 0 Å². The van der Waals surface area contributed by atoms with Gasteiger partial charge in [0.2, 0.25) is 0 Å². The van der Waals surface area contributed by atoms with Crippen LogP contribution in [0.1, 0.15) is 0 Å². The largest absolute Gasteiger partial charge is 0.326 e. The molecule has 0 N–H and O–H groups in total. The Morgan fingerprint density at radius 1 is 1.50 bits per heavy atom. The van der Waals surface area contributed by atoms with E-state index in [-0.39, 0.29) is 0 Å². The second kappa shape index (κ2) is 2.26. The van der Waals surface area contributed by atoms with Gasteiger partial charge in [0.25, 0.3) is 0 Å². The van der Waals surface area contributed by atoms with Crippen molar-refractivity contribution in [2.24, 2.45) is 0 Å². The van der Waals surface area contributed by atoms with Crippen molar-refractivity contribution in [3.8, 4) is 0 Å². The van der Waals surface area contributed by atoms with Gasteiger partial charge in [0, 0.05) is 6.55 Å². The molecule has 2 heteroatoms. The highest BCUT2D eigenvalue weighted by Crippen LogP contribution is 1.78. The summed E-state index contributed by atoms with van der Waals surface area (Å²) in [7, 11) is 3.49. The fourth-order valence-electron chi connectivity index (χ4n) is 0. The van der Waals surface area contributed by atoms with Gasteiger partial charge in [-0.3, -0.25) is 4.57 Å². The number of hydrogen-bond donors (Lipinski definition) is 0. The van der Waals surface area contributed by atoms with Crippen LogP contribution in [-0.4, -0.2) is 27.6 Å². The fraction of sp³-hybridized carbons (Fsp3) is 0.750. The highest BCUT2D eigenvalue weighted by molar-refractivity contribution is 6.55. The Labute approximate surface area is 41.7 Å². The van der Waals surface area contributed by atoms with Crippen molar-refractivity contribution < 1.29 is 0 Å². The monoisotopic (exact) mass is 102 g/mol. The molecule has 36 valence electrons. The van der Waals surface area contributed by atoms with Crippen LogP contribution in [0, 0.1) is 6.55 Å². The second-order valence-electron chi connectivity index (χ2n) is 1.81. The Hall–Kier alpha value is 0.0469. The normalized spacial score (nSPS) is 15.3. The highest BCUT2D eigenvalue weighted by Gasteiger charge is 2.04. The van der Waals surface area contributed by atoms with Crippen LogP contribution in [0.15, 0.2) is 0 Å². The first-order valence-electron chi connectivity index (χ1n) is 2.14.